The van der Waals surface area contributed by atoms with Crippen molar-refractivity contribution in [3.63, 3.8) is 0 Å². The molecule has 5 aliphatic rings. The van der Waals surface area contributed by atoms with Crippen LogP contribution in [0.4, 0.5) is 5.69 Å². The van der Waals surface area contributed by atoms with Crippen molar-refractivity contribution in [3.05, 3.63) is 58.1 Å². The van der Waals surface area contributed by atoms with Crippen molar-refractivity contribution in [3.8, 4) is 0 Å². The monoisotopic (exact) mass is 500 g/mol. The number of rotatable bonds is 5. The highest BCUT2D eigenvalue weighted by Gasteiger charge is 2.53. The van der Waals surface area contributed by atoms with Crippen molar-refractivity contribution in [1.82, 2.24) is 15.2 Å². The van der Waals surface area contributed by atoms with Gasteiger partial charge in [0.25, 0.3) is 5.91 Å². The average molecular weight is 501 g/mol. The second-order valence-electron chi connectivity index (χ2n) is 12.2. The lowest BCUT2D eigenvalue weighted by Gasteiger charge is -2.59. The molecule has 0 saturated heterocycles. The molecular formula is C30H36N4OS. The Labute approximate surface area is 217 Å². The van der Waals surface area contributed by atoms with Gasteiger partial charge in [-0.1, -0.05) is 30.3 Å². The lowest BCUT2D eigenvalue weighted by molar-refractivity contribution is -0.0687. The summed E-state index contributed by atoms with van der Waals surface area (Å²) in [4.78, 5) is 22.5. The van der Waals surface area contributed by atoms with E-state index in [0.29, 0.717) is 10.6 Å². The van der Waals surface area contributed by atoms with Gasteiger partial charge < -0.3 is 11.1 Å². The molecule has 0 spiro atoms. The first-order valence-electron chi connectivity index (χ1n) is 13.7. The number of carbonyl (C=O) groups is 1. The summed E-state index contributed by atoms with van der Waals surface area (Å²) in [6.07, 6.45) is 9.05. The number of pyridine rings is 1. The van der Waals surface area contributed by atoms with E-state index in [1.165, 1.54) is 61.0 Å². The van der Waals surface area contributed by atoms with Crippen LogP contribution in [0.15, 0.2) is 36.4 Å². The smallest absolute Gasteiger partial charge is 0.263 e. The Morgan fingerprint density at radius 3 is 2.56 bits per heavy atom. The van der Waals surface area contributed by atoms with Crippen LogP contribution in [0.5, 0.6) is 0 Å². The third-order valence-electron chi connectivity index (χ3n) is 9.76. The van der Waals surface area contributed by atoms with Gasteiger partial charge in [0.05, 0.1) is 5.69 Å². The van der Waals surface area contributed by atoms with E-state index >= 15 is 0 Å². The van der Waals surface area contributed by atoms with E-state index < -0.39 is 0 Å². The summed E-state index contributed by atoms with van der Waals surface area (Å²) in [5, 5.41) is 4.35. The standard InChI is InChI=1S/C30H36N4OS/c1-18(30-13-20-9-21(14-30)11-22(10-20)15-30)32-28(35)27-26(31)24-12-23-17-34(16-19-5-3-2-4-6-19)8-7-25(23)33-29(24)36-27/h2-6,12,18,20-22H,7-11,13-17,31H2,1H3,(H,32,35). The summed E-state index contributed by atoms with van der Waals surface area (Å²) < 4.78 is 0. The summed E-state index contributed by atoms with van der Waals surface area (Å²) in [6, 6.07) is 13.0. The zero-order valence-corrected chi connectivity index (χ0v) is 21.9. The van der Waals surface area contributed by atoms with E-state index in [-0.39, 0.29) is 17.4 Å². The minimum Gasteiger partial charge on any atom is -0.397 e. The molecule has 5 nitrogen and oxygen atoms in total. The predicted octanol–water partition coefficient (Wildman–Crippen LogP) is 5.77. The summed E-state index contributed by atoms with van der Waals surface area (Å²) in [5.41, 5.74) is 11.2. The van der Waals surface area contributed by atoms with Crippen LogP contribution in [0.1, 0.15) is 71.9 Å². The van der Waals surface area contributed by atoms with E-state index in [4.69, 9.17) is 10.7 Å². The zero-order chi connectivity index (χ0) is 24.4. The molecule has 3 N–H and O–H groups in total. The molecule has 0 radical (unpaired) electrons. The first-order chi connectivity index (χ1) is 17.5. The molecule has 6 heteroatoms. The van der Waals surface area contributed by atoms with Crippen LogP contribution >= 0.6 is 11.3 Å². The maximum atomic E-state index is 13.5. The van der Waals surface area contributed by atoms with Gasteiger partial charge >= 0.3 is 0 Å². The van der Waals surface area contributed by atoms with Crippen molar-refractivity contribution < 1.29 is 4.79 Å². The van der Waals surface area contributed by atoms with Gasteiger partial charge in [-0.25, -0.2) is 4.98 Å². The van der Waals surface area contributed by atoms with E-state index in [9.17, 15) is 4.79 Å². The minimum absolute atomic E-state index is 0.0116. The maximum Gasteiger partial charge on any atom is 0.263 e. The molecule has 8 rings (SSSR count). The number of hydrogen-bond acceptors (Lipinski definition) is 5. The van der Waals surface area contributed by atoms with Crippen LogP contribution in [0.2, 0.25) is 0 Å². The molecule has 3 aromatic rings. The Kier molecular flexibility index (Phi) is 5.40. The molecule has 4 fully saturated rings. The molecule has 3 heterocycles. The SMILES string of the molecule is CC(NC(=O)c1sc2nc3c(cc2c1N)CN(Cc1ccccc1)CC3)C12CC3CC(CC(C3)C1)C2. The van der Waals surface area contributed by atoms with Crippen molar-refractivity contribution in [2.75, 3.05) is 12.3 Å². The zero-order valence-electron chi connectivity index (χ0n) is 21.1. The highest BCUT2D eigenvalue weighted by molar-refractivity contribution is 7.21. The number of fused-ring (bicyclic) bond motifs is 2. The van der Waals surface area contributed by atoms with Crippen molar-refractivity contribution in [1.29, 1.82) is 0 Å². The van der Waals surface area contributed by atoms with Gasteiger partial charge in [-0.05, 0) is 85.8 Å². The number of aromatic nitrogens is 1. The lowest BCUT2D eigenvalue weighted by atomic mass is 9.48. The van der Waals surface area contributed by atoms with Crippen LogP contribution in [0.25, 0.3) is 10.2 Å². The first-order valence-corrected chi connectivity index (χ1v) is 14.6. The summed E-state index contributed by atoms with van der Waals surface area (Å²) in [7, 11) is 0. The van der Waals surface area contributed by atoms with E-state index in [2.05, 4.69) is 53.5 Å². The molecule has 1 aliphatic heterocycles. The first kappa shape index (κ1) is 22.7. The Hall–Kier alpha value is -2.44. The average Bonchev–Trinajstić information content (AvgIpc) is 3.18. The molecule has 188 valence electrons. The molecule has 1 aromatic carbocycles. The largest absolute Gasteiger partial charge is 0.397 e. The quantitative estimate of drug-likeness (QED) is 0.466. The van der Waals surface area contributed by atoms with Gasteiger partial charge in [-0.3, -0.25) is 9.69 Å². The fraction of sp³-hybridized carbons (Fsp3) is 0.533. The Balaban J connectivity index is 1.10. The highest BCUT2D eigenvalue weighted by Crippen LogP contribution is 2.61. The number of carbonyl (C=O) groups excluding carboxylic acids is 1. The van der Waals surface area contributed by atoms with Gasteiger partial charge in [0.2, 0.25) is 0 Å². The fourth-order valence-corrected chi connectivity index (χ4v) is 9.32. The molecule has 1 amide bonds. The molecule has 4 bridgehead atoms. The topological polar surface area (TPSA) is 71.2 Å². The summed E-state index contributed by atoms with van der Waals surface area (Å²) in [6.45, 7) is 5.05. The molecule has 1 unspecified atom stereocenters. The van der Waals surface area contributed by atoms with Gasteiger partial charge in [-0.15, -0.1) is 11.3 Å². The number of benzene rings is 1. The Morgan fingerprint density at radius 2 is 1.86 bits per heavy atom. The van der Waals surface area contributed by atoms with Gasteiger partial charge in [0.15, 0.2) is 0 Å². The van der Waals surface area contributed by atoms with E-state index in [1.807, 2.05) is 0 Å². The van der Waals surface area contributed by atoms with Crippen molar-refractivity contribution in [2.45, 2.75) is 71.0 Å². The normalized spacial score (nSPS) is 29.9. The number of nitrogens with one attached hydrogen (secondary N) is 1. The maximum absolute atomic E-state index is 13.5. The van der Waals surface area contributed by atoms with Crippen LogP contribution in [0, 0.1) is 23.2 Å². The van der Waals surface area contributed by atoms with E-state index in [0.717, 1.165) is 59.7 Å². The second kappa shape index (κ2) is 8.56. The molecule has 4 saturated carbocycles. The van der Waals surface area contributed by atoms with Crippen LogP contribution < -0.4 is 11.1 Å². The number of thiophene rings is 1. The number of amides is 1. The third-order valence-corrected chi connectivity index (χ3v) is 10.9. The number of nitrogens with zero attached hydrogens (tertiary/aromatic N) is 2. The molecule has 4 aliphatic carbocycles. The minimum atomic E-state index is -0.0116. The fourth-order valence-electron chi connectivity index (χ4n) is 8.32. The third kappa shape index (κ3) is 3.84. The van der Waals surface area contributed by atoms with Gasteiger partial charge in [0.1, 0.15) is 9.71 Å². The number of nitrogen functional groups attached to an aromatic ring is 1. The molecular weight excluding hydrogens is 464 g/mol. The van der Waals surface area contributed by atoms with E-state index in [1.54, 1.807) is 0 Å². The van der Waals surface area contributed by atoms with Crippen LogP contribution in [-0.2, 0) is 19.5 Å². The number of anilines is 1. The molecule has 2 aromatic heterocycles. The van der Waals surface area contributed by atoms with Crippen LogP contribution in [0.3, 0.4) is 0 Å². The number of nitrogens with two attached hydrogens (primary N) is 1. The van der Waals surface area contributed by atoms with Gasteiger partial charge in [0, 0.05) is 43.2 Å². The number of hydrogen-bond donors (Lipinski definition) is 2. The van der Waals surface area contributed by atoms with Gasteiger partial charge in [-0.2, -0.15) is 0 Å². The highest BCUT2D eigenvalue weighted by atomic mass is 32.1. The van der Waals surface area contributed by atoms with Crippen LogP contribution in [-0.4, -0.2) is 28.4 Å². The van der Waals surface area contributed by atoms with Crippen molar-refractivity contribution in [2.24, 2.45) is 23.2 Å². The summed E-state index contributed by atoms with van der Waals surface area (Å²) in [5.74, 6) is 2.62. The molecule has 1 atom stereocenters. The predicted molar refractivity (Wildman–Crippen MR) is 146 cm³/mol. The Morgan fingerprint density at radius 1 is 1.17 bits per heavy atom. The summed E-state index contributed by atoms with van der Waals surface area (Å²) >= 11 is 1.47. The Bertz CT molecular complexity index is 1280. The second-order valence-corrected chi connectivity index (χ2v) is 13.2. The lowest BCUT2D eigenvalue weighted by Crippen LogP contribution is -2.55. The van der Waals surface area contributed by atoms with Crippen molar-refractivity contribution >= 4 is 33.1 Å². The molecule has 36 heavy (non-hydrogen) atoms.